The minimum absolute atomic E-state index is 0.153. The number of aromatic amines is 4. The highest BCUT2D eigenvalue weighted by atomic mass is 35.5. The average molecular weight is 1720 g/mol. The molecule has 6 aliphatic heterocycles. The summed E-state index contributed by atoms with van der Waals surface area (Å²) in [5.74, 6) is 3.66. The van der Waals surface area contributed by atoms with Crippen LogP contribution in [0.15, 0.2) is 213 Å². The minimum atomic E-state index is -0.386. The number of halogens is 6. The lowest BCUT2D eigenvalue weighted by molar-refractivity contribution is 0.0932. The molecule has 11 heterocycles. The van der Waals surface area contributed by atoms with E-state index in [1.54, 1.807) is 40.3 Å². The lowest BCUT2D eigenvalue weighted by atomic mass is 9.92. The zero-order chi connectivity index (χ0) is 81.5. The molecule has 19 nitrogen and oxygen atoms in total. The van der Waals surface area contributed by atoms with Gasteiger partial charge in [0.05, 0.1) is 44.8 Å². The second-order valence-corrected chi connectivity index (χ2v) is 33.0. The molecule has 5 atom stereocenters. The summed E-state index contributed by atoms with van der Waals surface area (Å²) in [4.78, 5) is 50.5. The Balaban J connectivity index is 0.000000114. The SMILES string of the molecule is CCOC(=O)N1CCc2c([nH]c3ccc(Cl)cc23)C1c1ccc(OCC2CO2)cc1.ClCCCOc1ccc(C2NCCc3c2[nH]c2ccc(Cl)cc32)cc1.Clc1ccc2[nH]c3c(c2c1)CCNC3c1ccc(OCCCn2ccnc2)cc1.O=C(Oc1ccc(Cl)cc1)N1CCc2c([nH]c3ccc(Cl)cc23)C1c1ccc(N2CCCC2)cc1. The summed E-state index contributed by atoms with van der Waals surface area (Å²) < 4.78 is 35.7. The monoisotopic (exact) mass is 1710 g/mol. The van der Waals surface area contributed by atoms with E-state index in [1.807, 2.05) is 104 Å². The molecule has 9 aromatic carbocycles. The van der Waals surface area contributed by atoms with Crippen molar-refractivity contribution in [1.82, 2.24) is 49.9 Å². The zero-order valence-electron chi connectivity index (χ0n) is 65.7. The number of hydrogen-bond donors (Lipinski definition) is 6. The number of imidazole rings is 1. The molecule has 2 saturated heterocycles. The number of benzene rings is 9. The standard InChI is InChI=1S/C28H25Cl2N3O2.C23H23ClN4O.C23H23ClN2O4.C20H20Cl2N2O/c29-19-5-10-22(11-6-19)35-28(34)33-16-13-23-24-17-20(30)7-12-25(24)31-26(23)27(33)18-3-8-21(9-4-18)32-14-1-2-15-32;24-17-4-7-21-20(14-17)19-8-9-26-22(23(19)27-21)16-2-5-18(6-3-16)29-13-1-11-28-12-10-25-15-28;1-2-28-23(27)26-10-9-18-19-11-15(24)5-8-20(19)25-21(18)22(26)14-3-6-16(7-4-14)29-12-17-13-30-17;21-9-1-11-25-15-5-2-13(3-6-15)19-20-16(8-10-23-19)17-12-14(22)4-7-18(17)24-20/h3-12,17,27,31H,1-2,13-16H2;2-7,10,12,14-15,22,26-27H,1,8-9,11,13H2;3-8,11,17,22,25H,2,9-10,12-13H2,1H3;2-7,12,19,23-24H,1,8-11H2. The molecule has 119 heavy (non-hydrogen) atoms. The van der Waals surface area contributed by atoms with Crippen molar-refractivity contribution in [2.75, 3.05) is 83.1 Å². The number of epoxide rings is 1. The van der Waals surface area contributed by atoms with Crippen molar-refractivity contribution in [3.63, 3.8) is 0 Å². The Morgan fingerprint density at radius 2 is 0.891 bits per heavy atom. The predicted octanol–water partition coefficient (Wildman–Crippen LogP) is 21.7. The van der Waals surface area contributed by atoms with E-state index in [1.165, 1.54) is 74.1 Å². The van der Waals surface area contributed by atoms with Crippen LogP contribution in [-0.2, 0) is 41.7 Å². The van der Waals surface area contributed by atoms with Crippen molar-refractivity contribution < 1.29 is 38.0 Å². The Hall–Kier alpha value is -10.3. The van der Waals surface area contributed by atoms with E-state index >= 15 is 0 Å². The van der Waals surface area contributed by atoms with Crippen LogP contribution < -0.4 is 34.5 Å². The number of anilines is 1. The number of amides is 2. The molecule has 25 heteroatoms. The maximum absolute atomic E-state index is 13.4. The number of H-pyrrole nitrogens is 4. The number of aromatic nitrogens is 6. The summed E-state index contributed by atoms with van der Waals surface area (Å²) in [7, 11) is 0. The van der Waals surface area contributed by atoms with Gasteiger partial charge in [-0.2, -0.15) is 0 Å². The van der Waals surface area contributed by atoms with Gasteiger partial charge in [-0.15, -0.1) is 11.6 Å². The summed E-state index contributed by atoms with van der Waals surface area (Å²) >= 11 is 36.7. The number of carbonyl (C=O) groups is 2. The number of aryl methyl sites for hydroxylation is 1. The van der Waals surface area contributed by atoms with Crippen LogP contribution >= 0.6 is 69.6 Å². The van der Waals surface area contributed by atoms with E-state index in [0.29, 0.717) is 72.6 Å². The smallest absolute Gasteiger partial charge is 0.416 e. The molecular weight excluding hydrogens is 1620 g/mol. The molecule has 20 rings (SSSR count). The van der Waals surface area contributed by atoms with Crippen molar-refractivity contribution in [3.05, 3.63) is 305 Å². The van der Waals surface area contributed by atoms with Crippen LogP contribution in [0.3, 0.4) is 0 Å². The van der Waals surface area contributed by atoms with E-state index in [0.717, 1.165) is 154 Å². The van der Waals surface area contributed by atoms with Crippen LogP contribution in [0.1, 0.15) is 124 Å². The van der Waals surface area contributed by atoms with E-state index < -0.39 is 0 Å². The van der Waals surface area contributed by atoms with Gasteiger partial charge >= 0.3 is 12.2 Å². The van der Waals surface area contributed by atoms with Crippen molar-refractivity contribution in [2.24, 2.45) is 0 Å². The van der Waals surface area contributed by atoms with Crippen molar-refractivity contribution >= 4 is 131 Å². The number of hydrogen-bond acceptors (Lipinski definition) is 12. The molecule has 6 aliphatic rings. The third-order valence-corrected chi connectivity index (χ3v) is 24.3. The van der Waals surface area contributed by atoms with Crippen LogP contribution in [-0.4, -0.2) is 136 Å². The van der Waals surface area contributed by atoms with E-state index in [9.17, 15) is 9.59 Å². The van der Waals surface area contributed by atoms with Crippen LogP contribution in [0.25, 0.3) is 43.6 Å². The van der Waals surface area contributed by atoms with E-state index in [-0.39, 0.29) is 42.5 Å². The molecule has 14 aromatic rings. The van der Waals surface area contributed by atoms with Gasteiger partial charge in [-0.3, -0.25) is 9.80 Å². The molecule has 5 aromatic heterocycles. The largest absolute Gasteiger partial charge is 0.494 e. The quantitative estimate of drug-likeness (QED) is 0.0254. The second-order valence-electron chi connectivity index (χ2n) is 30.5. The second kappa shape index (κ2) is 37.1. The molecule has 0 bridgehead atoms. The molecule has 0 spiro atoms. The van der Waals surface area contributed by atoms with Crippen LogP contribution in [0, 0.1) is 0 Å². The van der Waals surface area contributed by atoms with Gasteiger partial charge in [0.15, 0.2) is 0 Å². The fourth-order valence-corrected chi connectivity index (χ4v) is 17.9. The number of ether oxygens (including phenoxy) is 6. The predicted molar refractivity (Wildman–Crippen MR) is 475 cm³/mol. The highest BCUT2D eigenvalue weighted by molar-refractivity contribution is 6.32. The number of rotatable bonds is 19. The lowest BCUT2D eigenvalue weighted by Crippen LogP contribution is -2.42. The number of fused-ring (bicyclic) bond motifs is 12. The molecule has 612 valence electrons. The maximum Gasteiger partial charge on any atom is 0.416 e. The van der Waals surface area contributed by atoms with Gasteiger partial charge in [0.25, 0.3) is 0 Å². The summed E-state index contributed by atoms with van der Waals surface area (Å²) in [5.41, 5.74) is 19.7. The van der Waals surface area contributed by atoms with Crippen molar-refractivity contribution in [1.29, 1.82) is 0 Å². The van der Waals surface area contributed by atoms with Crippen molar-refractivity contribution in [3.8, 4) is 23.0 Å². The molecule has 0 aliphatic carbocycles. The summed E-state index contributed by atoms with van der Waals surface area (Å²) in [5, 5.41) is 15.5. The Morgan fingerprint density at radius 1 is 0.471 bits per heavy atom. The molecule has 2 amide bonds. The summed E-state index contributed by atoms with van der Waals surface area (Å²) in [6.45, 7) is 10.9. The Labute approximate surface area is 720 Å². The van der Waals surface area contributed by atoms with Crippen LogP contribution in [0.2, 0.25) is 25.1 Å². The normalized spacial score (nSPS) is 17.7. The molecule has 0 saturated carbocycles. The topological polar surface area (TPSA) is 208 Å². The van der Waals surface area contributed by atoms with Gasteiger partial charge in [-0.25, -0.2) is 14.6 Å². The number of nitrogens with one attached hydrogen (secondary N) is 6. The highest BCUT2D eigenvalue weighted by Crippen LogP contribution is 2.44. The average Bonchev–Trinajstić information content (AvgIpc) is 1.60. The van der Waals surface area contributed by atoms with E-state index in [4.69, 9.17) is 98.0 Å². The van der Waals surface area contributed by atoms with Crippen LogP contribution in [0.4, 0.5) is 15.3 Å². The fourth-order valence-electron chi connectivity index (χ4n) is 17.0. The van der Waals surface area contributed by atoms with Gasteiger partial charge in [-0.05, 0) is 248 Å². The first-order chi connectivity index (χ1) is 58.2. The Morgan fingerprint density at radius 3 is 1.34 bits per heavy atom. The van der Waals surface area contributed by atoms with Gasteiger partial charge in [-0.1, -0.05) is 107 Å². The van der Waals surface area contributed by atoms with Gasteiger partial charge in [0.1, 0.15) is 47.8 Å². The molecule has 0 radical (unpaired) electrons. The van der Waals surface area contributed by atoms with Crippen molar-refractivity contribution in [2.45, 2.75) is 95.1 Å². The zero-order valence-corrected chi connectivity index (χ0v) is 70.2. The molecule has 5 unspecified atom stereocenters. The first kappa shape index (κ1) is 81.1. The first-order valence-electron chi connectivity index (χ1n) is 40.7. The van der Waals surface area contributed by atoms with Gasteiger partial charge in [0.2, 0.25) is 0 Å². The minimum Gasteiger partial charge on any atom is -0.494 e. The number of nitrogens with zero attached hydrogens (tertiary/aromatic N) is 5. The number of carbonyl (C=O) groups excluding carboxylic acids is 2. The summed E-state index contributed by atoms with van der Waals surface area (Å²) in [6, 6.07) is 63.7. The molecular formula is C94H91Cl6N11O8. The van der Waals surface area contributed by atoms with Gasteiger partial charge in [0, 0.05) is 161 Å². The van der Waals surface area contributed by atoms with Gasteiger partial charge < -0.3 is 68.5 Å². The van der Waals surface area contributed by atoms with Crippen LogP contribution in [0.5, 0.6) is 23.0 Å². The number of alkyl halides is 1. The molecule has 2 fully saturated rings. The maximum atomic E-state index is 13.4. The summed E-state index contributed by atoms with van der Waals surface area (Å²) in [6.07, 6.45) is 12.9. The first-order valence-corrected chi connectivity index (χ1v) is 43.2. The Bertz CT molecular complexity index is 5850. The highest BCUT2D eigenvalue weighted by Gasteiger charge is 2.39. The lowest BCUT2D eigenvalue weighted by Gasteiger charge is -2.35. The van der Waals surface area contributed by atoms with E-state index in [2.05, 4.69) is 130 Å². The fraction of sp³-hybridized carbons (Fsp3) is 0.287. The Kier molecular flexibility index (Phi) is 25.3. The molecule has 6 N–H and O–H groups in total. The third-order valence-electron chi connectivity index (χ3n) is 22.8. The third kappa shape index (κ3) is 18.6.